The van der Waals surface area contributed by atoms with E-state index in [2.05, 4.69) is 12.2 Å². The molecule has 2 aromatic rings. The van der Waals surface area contributed by atoms with Crippen LogP contribution in [0.2, 0.25) is 0 Å². The van der Waals surface area contributed by atoms with Gasteiger partial charge in [0.15, 0.2) is 0 Å². The number of nitrogens with one attached hydrogen (secondary N) is 1. The third kappa shape index (κ3) is 5.07. The van der Waals surface area contributed by atoms with Gasteiger partial charge in [-0.15, -0.1) is 0 Å². The molecule has 0 saturated carbocycles. The molecule has 2 rings (SSSR count). The maximum Gasteiger partial charge on any atom is 0.234 e. The van der Waals surface area contributed by atoms with Gasteiger partial charge in [0, 0.05) is 5.54 Å². The van der Waals surface area contributed by atoms with Crippen LogP contribution in [0.3, 0.4) is 0 Å². The zero-order valence-corrected chi connectivity index (χ0v) is 13.5. The summed E-state index contributed by atoms with van der Waals surface area (Å²) in [5.74, 6) is 1.66. The van der Waals surface area contributed by atoms with E-state index in [0.717, 1.165) is 17.9 Å². The molecule has 1 N–H and O–H groups in total. The average molecular weight is 304 g/mol. The van der Waals surface area contributed by atoms with E-state index in [1.165, 1.54) is 0 Å². The molecule has 0 saturated heterocycles. The topological polar surface area (TPSA) is 58.6 Å². The Morgan fingerprint density at radius 3 is 2.09 bits per heavy atom. The number of nitrogens with zero attached hydrogens (tertiary/aromatic N) is 1. The summed E-state index contributed by atoms with van der Waals surface area (Å²) in [5, 5.41) is 3.05. The fourth-order valence-electron chi connectivity index (χ4n) is 2.12. The smallest absolute Gasteiger partial charge is 0.234 e. The predicted molar refractivity (Wildman–Crippen MR) is 84.0 cm³/mol. The lowest BCUT2D eigenvalue weighted by atomic mass is 10.0. The minimum absolute atomic E-state index is 0.00459. The van der Waals surface area contributed by atoms with Gasteiger partial charge in [-0.2, -0.15) is 0 Å². The highest BCUT2D eigenvalue weighted by atomic mass is 16.3. The van der Waals surface area contributed by atoms with Crippen molar-refractivity contribution in [1.82, 2.24) is 10.2 Å². The van der Waals surface area contributed by atoms with Crippen LogP contribution in [0.1, 0.15) is 38.7 Å². The second-order valence-corrected chi connectivity index (χ2v) is 6.09. The van der Waals surface area contributed by atoms with Crippen LogP contribution in [0.4, 0.5) is 0 Å². The van der Waals surface area contributed by atoms with Gasteiger partial charge < -0.3 is 14.2 Å². The van der Waals surface area contributed by atoms with Gasteiger partial charge in [0.1, 0.15) is 11.5 Å². The van der Waals surface area contributed by atoms with Gasteiger partial charge in [0.25, 0.3) is 0 Å². The molecule has 0 atom stereocenters. The van der Waals surface area contributed by atoms with Gasteiger partial charge in [0.2, 0.25) is 5.91 Å². The van der Waals surface area contributed by atoms with E-state index < -0.39 is 0 Å². The molecule has 2 aromatic heterocycles. The van der Waals surface area contributed by atoms with Gasteiger partial charge in [-0.05, 0) is 44.5 Å². The molecule has 0 radical (unpaired) electrons. The van der Waals surface area contributed by atoms with Crippen LogP contribution in [0.15, 0.2) is 45.6 Å². The summed E-state index contributed by atoms with van der Waals surface area (Å²) in [6, 6.07) is 7.51. The number of carbonyl (C=O) groups excluding carboxylic acids is 1. The molecule has 0 aliphatic rings. The van der Waals surface area contributed by atoms with Crippen LogP contribution < -0.4 is 5.32 Å². The summed E-state index contributed by atoms with van der Waals surface area (Å²) in [5.41, 5.74) is -0.196. The highest BCUT2D eigenvalue weighted by molar-refractivity contribution is 5.78. The molecular weight excluding hydrogens is 280 g/mol. The highest BCUT2D eigenvalue weighted by Crippen LogP contribution is 2.12. The molecule has 5 heteroatoms. The fourth-order valence-corrected chi connectivity index (χ4v) is 2.12. The van der Waals surface area contributed by atoms with Crippen LogP contribution >= 0.6 is 0 Å². The van der Waals surface area contributed by atoms with Crippen molar-refractivity contribution in [1.29, 1.82) is 0 Å². The summed E-state index contributed by atoms with van der Waals surface area (Å²) in [4.78, 5) is 14.3. The average Bonchev–Trinajstić information content (AvgIpc) is 3.11. The second-order valence-electron chi connectivity index (χ2n) is 6.09. The molecule has 0 aromatic carbocycles. The number of carbonyl (C=O) groups is 1. The minimum atomic E-state index is -0.196. The zero-order valence-electron chi connectivity index (χ0n) is 13.5. The SMILES string of the molecule is CCC(C)(C)NC(=O)CN(Cc1ccco1)Cc1ccco1. The lowest BCUT2D eigenvalue weighted by molar-refractivity contribution is -0.124. The lowest BCUT2D eigenvalue weighted by Crippen LogP contribution is -2.47. The van der Waals surface area contributed by atoms with Gasteiger partial charge in [-0.3, -0.25) is 9.69 Å². The van der Waals surface area contributed by atoms with Crippen LogP contribution in [0, 0.1) is 0 Å². The first-order valence-corrected chi connectivity index (χ1v) is 7.56. The van der Waals surface area contributed by atoms with Gasteiger partial charge in [-0.1, -0.05) is 6.92 Å². The van der Waals surface area contributed by atoms with Crippen molar-refractivity contribution in [3.8, 4) is 0 Å². The third-order valence-electron chi connectivity index (χ3n) is 3.65. The fraction of sp³-hybridized carbons (Fsp3) is 0.471. The molecule has 120 valence electrons. The summed E-state index contributed by atoms with van der Waals surface area (Å²) < 4.78 is 10.8. The van der Waals surface area contributed by atoms with Crippen molar-refractivity contribution in [3.63, 3.8) is 0 Å². The summed E-state index contributed by atoms with van der Waals surface area (Å²) in [6.45, 7) is 7.53. The van der Waals surface area contributed by atoms with Crippen LogP contribution in [0.5, 0.6) is 0 Å². The number of amides is 1. The van der Waals surface area contributed by atoms with Crippen LogP contribution in [0.25, 0.3) is 0 Å². The van der Waals surface area contributed by atoms with Gasteiger partial charge in [-0.25, -0.2) is 0 Å². The van der Waals surface area contributed by atoms with Gasteiger partial charge >= 0.3 is 0 Å². The maximum atomic E-state index is 12.3. The molecule has 1 amide bonds. The Bertz CT molecular complexity index is 523. The molecule has 0 aliphatic carbocycles. The Kier molecular flexibility index (Phi) is 5.44. The monoisotopic (exact) mass is 304 g/mol. The van der Waals surface area contributed by atoms with E-state index in [9.17, 15) is 4.79 Å². The quantitative estimate of drug-likeness (QED) is 0.813. The van der Waals surface area contributed by atoms with E-state index in [0.29, 0.717) is 19.6 Å². The highest BCUT2D eigenvalue weighted by Gasteiger charge is 2.20. The summed E-state index contributed by atoms with van der Waals surface area (Å²) >= 11 is 0. The Balaban J connectivity index is 1.99. The van der Waals surface area contributed by atoms with E-state index in [1.54, 1.807) is 12.5 Å². The first-order chi connectivity index (χ1) is 10.5. The normalized spacial score (nSPS) is 11.8. The van der Waals surface area contributed by atoms with Crippen molar-refractivity contribution >= 4 is 5.91 Å². The van der Waals surface area contributed by atoms with E-state index in [-0.39, 0.29) is 11.4 Å². The van der Waals surface area contributed by atoms with Crippen molar-refractivity contribution < 1.29 is 13.6 Å². The van der Waals surface area contributed by atoms with Crippen LogP contribution in [-0.2, 0) is 17.9 Å². The van der Waals surface area contributed by atoms with E-state index >= 15 is 0 Å². The Labute approximate surface area is 131 Å². The minimum Gasteiger partial charge on any atom is -0.468 e. The molecule has 22 heavy (non-hydrogen) atoms. The summed E-state index contributed by atoms with van der Waals surface area (Å²) in [6.07, 6.45) is 4.16. The lowest BCUT2D eigenvalue weighted by Gasteiger charge is -2.27. The summed E-state index contributed by atoms with van der Waals surface area (Å²) in [7, 11) is 0. The van der Waals surface area contributed by atoms with Crippen molar-refractivity contribution in [2.45, 2.75) is 45.8 Å². The van der Waals surface area contributed by atoms with E-state index in [4.69, 9.17) is 8.83 Å². The van der Waals surface area contributed by atoms with E-state index in [1.807, 2.05) is 43.0 Å². The number of hydrogen-bond acceptors (Lipinski definition) is 4. The first-order valence-electron chi connectivity index (χ1n) is 7.56. The molecule has 0 unspecified atom stereocenters. The number of furan rings is 2. The van der Waals surface area contributed by atoms with Gasteiger partial charge in [0.05, 0.1) is 32.2 Å². The molecule has 0 aliphatic heterocycles. The third-order valence-corrected chi connectivity index (χ3v) is 3.65. The molecular formula is C17H24N2O3. The Hall–Kier alpha value is -2.01. The standard InChI is InChI=1S/C17H24N2O3/c1-4-17(2,3)18-16(20)13-19(11-14-7-5-9-21-14)12-15-8-6-10-22-15/h5-10H,4,11-13H2,1-3H3,(H,18,20). The maximum absolute atomic E-state index is 12.3. The molecule has 0 fully saturated rings. The second kappa shape index (κ2) is 7.31. The molecule has 0 bridgehead atoms. The first kappa shape index (κ1) is 16.4. The molecule has 2 heterocycles. The predicted octanol–water partition coefficient (Wildman–Crippen LogP) is 3.18. The molecule has 0 spiro atoms. The Morgan fingerprint density at radius 2 is 1.68 bits per heavy atom. The number of rotatable bonds is 8. The molecule has 5 nitrogen and oxygen atoms in total. The van der Waals surface area contributed by atoms with Crippen molar-refractivity contribution in [2.24, 2.45) is 0 Å². The zero-order chi connectivity index (χ0) is 16.0. The van der Waals surface area contributed by atoms with Crippen molar-refractivity contribution in [2.75, 3.05) is 6.54 Å². The Morgan fingerprint density at radius 1 is 1.14 bits per heavy atom. The van der Waals surface area contributed by atoms with Crippen molar-refractivity contribution in [3.05, 3.63) is 48.3 Å². The van der Waals surface area contributed by atoms with Crippen LogP contribution in [-0.4, -0.2) is 22.9 Å². The largest absolute Gasteiger partial charge is 0.468 e. The number of hydrogen-bond donors (Lipinski definition) is 1.